The maximum Gasteiger partial charge on any atom is 0.224 e. The Balaban J connectivity index is 1.38. The number of carbonyl (C=O) groups excluding carboxylic acids is 1. The lowest BCUT2D eigenvalue weighted by molar-refractivity contribution is -0.121. The van der Waals surface area contributed by atoms with E-state index in [4.69, 9.17) is 4.74 Å². The molecule has 0 aliphatic carbocycles. The molecule has 4 rings (SSSR count). The average molecular weight is 347 g/mol. The van der Waals surface area contributed by atoms with Crippen LogP contribution < -0.4 is 5.32 Å². The second-order valence-corrected chi connectivity index (χ2v) is 6.44. The minimum Gasteiger partial charge on any atom is -0.367 e. The molecule has 1 aliphatic rings. The van der Waals surface area contributed by atoms with E-state index in [1.165, 1.54) is 0 Å². The summed E-state index contributed by atoms with van der Waals surface area (Å²) < 4.78 is 8.04. The van der Waals surface area contributed by atoms with Crippen LogP contribution in [0.2, 0.25) is 0 Å². The highest BCUT2D eigenvalue weighted by molar-refractivity contribution is 5.78. The first-order valence-corrected chi connectivity index (χ1v) is 8.81. The standard InChI is InChI=1S/C21H21N3O2/c25-21(11-16-7-3-1-4-8-16)23-12-18-14-24-19(13-22-20(24)15-26-18)17-9-5-2-6-10-17/h1-10,13,18H,11-12,14-15H2,(H,23,25). The molecular formula is C21H21N3O2. The predicted molar refractivity (Wildman–Crippen MR) is 99.4 cm³/mol. The Labute approximate surface area is 152 Å². The molecule has 1 aliphatic heterocycles. The lowest BCUT2D eigenvalue weighted by Gasteiger charge is -2.26. The third-order valence-corrected chi connectivity index (χ3v) is 4.58. The first-order valence-electron chi connectivity index (χ1n) is 8.81. The van der Waals surface area contributed by atoms with Gasteiger partial charge in [-0.3, -0.25) is 4.79 Å². The fourth-order valence-corrected chi connectivity index (χ4v) is 3.22. The van der Waals surface area contributed by atoms with Crippen LogP contribution in [0, 0.1) is 0 Å². The van der Waals surface area contributed by atoms with E-state index in [0.29, 0.717) is 26.1 Å². The number of carbonyl (C=O) groups is 1. The Morgan fingerprint density at radius 3 is 2.62 bits per heavy atom. The van der Waals surface area contributed by atoms with Crippen LogP contribution in [-0.2, 0) is 29.1 Å². The van der Waals surface area contributed by atoms with Crippen molar-refractivity contribution < 1.29 is 9.53 Å². The van der Waals surface area contributed by atoms with E-state index < -0.39 is 0 Å². The van der Waals surface area contributed by atoms with Gasteiger partial charge < -0.3 is 14.6 Å². The SMILES string of the molecule is O=C(Cc1ccccc1)NCC1Cn2c(-c3ccccc3)cnc2CO1. The molecule has 26 heavy (non-hydrogen) atoms. The van der Waals surface area contributed by atoms with Gasteiger partial charge in [0.2, 0.25) is 5.91 Å². The summed E-state index contributed by atoms with van der Waals surface area (Å²) in [4.78, 5) is 16.6. The van der Waals surface area contributed by atoms with Crippen molar-refractivity contribution in [3.63, 3.8) is 0 Å². The summed E-state index contributed by atoms with van der Waals surface area (Å²) in [5, 5.41) is 2.99. The highest BCUT2D eigenvalue weighted by Crippen LogP contribution is 2.24. The summed E-state index contributed by atoms with van der Waals surface area (Å²) in [7, 11) is 0. The number of ether oxygens (including phenoxy) is 1. The Kier molecular flexibility index (Phi) is 4.80. The van der Waals surface area contributed by atoms with E-state index in [0.717, 1.165) is 22.6 Å². The molecule has 0 radical (unpaired) electrons. The molecule has 5 nitrogen and oxygen atoms in total. The topological polar surface area (TPSA) is 56.2 Å². The van der Waals surface area contributed by atoms with Crippen LogP contribution in [0.3, 0.4) is 0 Å². The van der Waals surface area contributed by atoms with Crippen LogP contribution in [-0.4, -0.2) is 28.1 Å². The van der Waals surface area contributed by atoms with Crippen molar-refractivity contribution in [3.8, 4) is 11.3 Å². The molecule has 1 unspecified atom stereocenters. The molecule has 0 spiro atoms. The Hall–Kier alpha value is -2.92. The lowest BCUT2D eigenvalue weighted by atomic mass is 10.1. The number of amides is 1. The summed E-state index contributed by atoms with van der Waals surface area (Å²) in [6, 6.07) is 20.0. The van der Waals surface area contributed by atoms with Gasteiger partial charge >= 0.3 is 0 Å². The van der Waals surface area contributed by atoms with Crippen molar-refractivity contribution in [1.82, 2.24) is 14.9 Å². The van der Waals surface area contributed by atoms with Crippen LogP contribution in [0.5, 0.6) is 0 Å². The molecule has 5 heteroatoms. The van der Waals surface area contributed by atoms with E-state index in [9.17, 15) is 4.79 Å². The number of imidazole rings is 1. The van der Waals surface area contributed by atoms with Gasteiger partial charge in [-0.2, -0.15) is 0 Å². The third-order valence-electron chi connectivity index (χ3n) is 4.58. The van der Waals surface area contributed by atoms with E-state index >= 15 is 0 Å². The fourth-order valence-electron chi connectivity index (χ4n) is 3.22. The van der Waals surface area contributed by atoms with E-state index in [2.05, 4.69) is 27.0 Å². The molecular weight excluding hydrogens is 326 g/mol. The van der Waals surface area contributed by atoms with Gasteiger partial charge in [0.25, 0.3) is 0 Å². The Morgan fingerprint density at radius 2 is 1.85 bits per heavy atom. The molecule has 0 saturated carbocycles. The molecule has 1 amide bonds. The van der Waals surface area contributed by atoms with Crippen LogP contribution >= 0.6 is 0 Å². The third kappa shape index (κ3) is 3.68. The van der Waals surface area contributed by atoms with Gasteiger partial charge in [-0.25, -0.2) is 4.98 Å². The number of rotatable bonds is 5. The van der Waals surface area contributed by atoms with Crippen molar-refractivity contribution >= 4 is 5.91 Å². The second kappa shape index (κ2) is 7.54. The largest absolute Gasteiger partial charge is 0.367 e. The maximum atomic E-state index is 12.2. The molecule has 0 saturated heterocycles. The van der Waals surface area contributed by atoms with Gasteiger partial charge in [0.05, 0.1) is 31.0 Å². The number of nitrogens with zero attached hydrogens (tertiary/aromatic N) is 2. The van der Waals surface area contributed by atoms with Gasteiger partial charge in [0, 0.05) is 6.54 Å². The zero-order valence-corrected chi connectivity index (χ0v) is 14.5. The zero-order valence-electron chi connectivity index (χ0n) is 14.5. The summed E-state index contributed by atoms with van der Waals surface area (Å²) in [6.07, 6.45) is 2.22. The molecule has 0 bridgehead atoms. The normalized spacial score (nSPS) is 16.1. The van der Waals surface area contributed by atoms with Gasteiger partial charge in [0.15, 0.2) is 0 Å². The summed E-state index contributed by atoms with van der Waals surface area (Å²) in [6.45, 7) is 1.65. The predicted octanol–water partition coefficient (Wildman–Crippen LogP) is 2.81. The highest BCUT2D eigenvalue weighted by atomic mass is 16.5. The van der Waals surface area contributed by atoms with Crippen molar-refractivity contribution in [2.24, 2.45) is 0 Å². The number of nitrogens with one attached hydrogen (secondary N) is 1. The van der Waals surface area contributed by atoms with Gasteiger partial charge in [-0.15, -0.1) is 0 Å². The zero-order chi connectivity index (χ0) is 17.8. The summed E-state index contributed by atoms with van der Waals surface area (Å²) in [5.41, 5.74) is 3.24. The number of hydrogen-bond donors (Lipinski definition) is 1. The van der Waals surface area contributed by atoms with Gasteiger partial charge in [0.1, 0.15) is 12.4 Å². The molecule has 2 heterocycles. The smallest absolute Gasteiger partial charge is 0.224 e. The van der Waals surface area contributed by atoms with Crippen LogP contribution in [0.1, 0.15) is 11.4 Å². The minimum atomic E-state index is -0.0566. The number of aromatic nitrogens is 2. The Bertz CT molecular complexity index is 875. The van der Waals surface area contributed by atoms with E-state index in [-0.39, 0.29) is 12.0 Å². The van der Waals surface area contributed by atoms with Crippen molar-refractivity contribution in [2.45, 2.75) is 25.7 Å². The van der Waals surface area contributed by atoms with Gasteiger partial charge in [-0.1, -0.05) is 60.7 Å². The van der Waals surface area contributed by atoms with Crippen molar-refractivity contribution in [3.05, 3.63) is 78.2 Å². The van der Waals surface area contributed by atoms with E-state index in [1.54, 1.807) is 0 Å². The maximum absolute atomic E-state index is 12.2. The molecule has 0 fully saturated rings. The molecule has 1 N–H and O–H groups in total. The monoisotopic (exact) mass is 347 g/mol. The van der Waals surface area contributed by atoms with Crippen LogP contribution in [0.15, 0.2) is 66.9 Å². The lowest BCUT2D eigenvalue weighted by Crippen LogP contribution is -2.39. The fraction of sp³-hybridized carbons (Fsp3) is 0.238. The number of benzene rings is 2. The van der Waals surface area contributed by atoms with E-state index in [1.807, 2.05) is 54.7 Å². The van der Waals surface area contributed by atoms with Crippen molar-refractivity contribution in [2.75, 3.05) is 6.54 Å². The first-order chi connectivity index (χ1) is 12.8. The first kappa shape index (κ1) is 16.5. The Morgan fingerprint density at radius 1 is 1.12 bits per heavy atom. The van der Waals surface area contributed by atoms with Gasteiger partial charge in [-0.05, 0) is 11.1 Å². The highest BCUT2D eigenvalue weighted by Gasteiger charge is 2.23. The molecule has 2 aromatic carbocycles. The minimum absolute atomic E-state index is 0.0134. The average Bonchev–Trinajstić information content (AvgIpc) is 3.11. The quantitative estimate of drug-likeness (QED) is 0.772. The summed E-state index contributed by atoms with van der Waals surface area (Å²) in [5.74, 6) is 0.940. The molecule has 3 aromatic rings. The van der Waals surface area contributed by atoms with Crippen LogP contribution in [0.4, 0.5) is 0 Å². The second-order valence-electron chi connectivity index (χ2n) is 6.44. The van der Waals surface area contributed by atoms with Crippen molar-refractivity contribution in [1.29, 1.82) is 0 Å². The van der Waals surface area contributed by atoms with Crippen LogP contribution in [0.25, 0.3) is 11.3 Å². The molecule has 132 valence electrons. The number of hydrogen-bond acceptors (Lipinski definition) is 3. The molecule has 1 atom stereocenters. The summed E-state index contributed by atoms with van der Waals surface area (Å²) >= 11 is 0. The number of fused-ring (bicyclic) bond motifs is 1. The molecule has 1 aromatic heterocycles.